The second-order valence-corrected chi connectivity index (χ2v) is 8.05. The summed E-state index contributed by atoms with van der Waals surface area (Å²) in [5.74, 6) is 0.375. The number of piperazine rings is 1. The fraction of sp³-hybridized carbons (Fsp3) is 0.185. The van der Waals surface area contributed by atoms with Crippen LogP contribution < -0.4 is 14.5 Å². The minimum Gasteiger partial charge on any atom is -0.497 e. The van der Waals surface area contributed by atoms with E-state index in [2.05, 4.69) is 26.9 Å². The second-order valence-electron chi connectivity index (χ2n) is 8.05. The monoisotopic (exact) mass is 441 g/mol. The molecule has 0 bridgehead atoms. The fourth-order valence-corrected chi connectivity index (χ4v) is 4.38. The Kier molecular flexibility index (Phi) is 5.65. The predicted octanol–water partition coefficient (Wildman–Crippen LogP) is 4.94. The smallest absolute Gasteiger partial charge is 0.196 e. The molecule has 5 nitrogen and oxygen atoms in total. The van der Waals surface area contributed by atoms with Gasteiger partial charge in [0.2, 0.25) is 0 Å². The number of nitrogens with zero attached hydrogens (tertiary/aromatic N) is 3. The molecule has 1 fully saturated rings. The predicted molar refractivity (Wildman–Crippen MR) is 129 cm³/mol. The number of halogens is 1. The van der Waals surface area contributed by atoms with Crippen molar-refractivity contribution in [2.75, 3.05) is 43.1 Å². The van der Waals surface area contributed by atoms with Gasteiger partial charge in [-0.05, 0) is 42.5 Å². The number of rotatable bonds is 5. The van der Waals surface area contributed by atoms with Crippen LogP contribution in [0.15, 0.2) is 79.0 Å². The first-order valence-corrected chi connectivity index (χ1v) is 11.0. The maximum atomic E-state index is 14.2. The van der Waals surface area contributed by atoms with Crippen molar-refractivity contribution in [3.05, 3.63) is 95.9 Å². The molecular weight excluding hydrogens is 417 g/mol. The number of carbonyl (C=O) groups excluding carboxylic acids is 1. The highest BCUT2D eigenvalue weighted by Gasteiger charge is 2.25. The summed E-state index contributed by atoms with van der Waals surface area (Å²) in [6, 6.07) is 21.7. The number of fused-ring (bicyclic) bond motifs is 1. The first kappa shape index (κ1) is 20.9. The van der Waals surface area contributed by atoms with E-state index in [9.17, 15) is 9.18 Å². The van der Waals surface area contributed by atoms with Crippen molar-refractivity contribution in [2.45, 2.75) is 0 Å². The lowest BCUT2D eigenvalue weighted by atomic mass is 9.99. The Morgan fingerprint density at radius 1 is 0.909 bits per heavy atom. The van der Waals surface area contributed by atoms with Crippen LogP contribution in [-0.2, 0) is 0 Å². The van der Waals surface area contributed by atoms with Crippen LogP contribution in [0.25, 0.3) is 10.9 Å². The van der Waals surface area contributed by atoms with Gasteiger partial charge >= 0.3 is 0 Å². The fourth-order valence-electron chi connectivity index (χ4n) is 4.38. The summed E-state index contributed by atoms with van der Waals surface area (Å²) in [6.45, 7) is 2.97. The Bertz CT molecular complexity index is 1280. The Morgan fingerprint density at radius 3 is 2.30 bits per heavy atom. The standard InChI is InChI=1S/C27H24FN3O2/c1-33-22-10-8-21(9-11-22)30-13-15-31(16-14-30)26-23-17-20(28)7-12-25(23)29-18-24(26)27(32)19-5-3-2-4-6-19/h2-12,17-18H,13-16H2,1H3. The number of hydrogen-bond acceptors (Lipinski definition) is 5. The highest BCUT2D eigenvalue weighted by atomic mass is 19.1. The van der Waals surface area contributed by atoms with Crippen molar-refractivity contribution in [3.8, 4) is 5.75 Å². The summed E-state index contributed by atoms with van der Waals surface area (Å²) in [7, 11) is 1.66. The van der Waals surface area contributed by atoms with Gasteiger partial charge in [-0.25, -0.2) is 4.39 Å². The number of pyridine rings is 1. The van der Waals surface area contributed by atoms with Crippen molar-refractivity contribution >= 4 is 28.1 Å². The molecule has 166 valence electrons. The molecule has 0 amide bonds. The largest absolute Gasteiger partial charge is 0.497 e. The third-order valence-electron chi connectivity index (χ3n) is 6.12. The molecule has 4 aromatic rings. The van der Waals surface area contributed by atoms with E-state index in [4.69, 9.17) is 4.74 Å². The van der Waals surface area contributed by atoms with Gasteiger partial charge in [-0.1, -0.05) is 30.3 Å². The van der Waals surface area contributed by atoms with Crippen LogP contribution in [-0.4, -0.2) is 44.1 Å². The quantitative estimate of drug-likeness (QED) is 0.411. The molecule has 5 rings (SSSR count). The Morgan fingerprint density at radius 2 is 1.61 bits per heavy atom. The normalized spacial score (nSPS) is 13.9. The van der Waals surface area contributed by atoms with Crippen LogP contribution in [0.1, 0.15) is 15.9 Å². The lowest BCUT2D eigenvalue weighted by Gasteiger charge is -2.38. The average Bonchev–Trinajstić information content (AvgIpc) is 2.88. The summed E-state index contributed by atoms with van der Waals surface area (Å²) in [5, 5.41) is 0.662. The zero-order valence-electron chi connectivity index (χ0n) is 18.4. The topological polar surface area (TPSA) is 45.7 Å². The molecular formula is C27H24FN3O2. The van der Waals surface area contributed by atoms with E-state index in [-0.39, 0.29) is 11.6 Å². The zero-order valence-corrected chi connectivity index (χ0v) is 18.4. The molecule has 33 heavy (non-hydrogen) atoms. The third kappa shape index (κ3) is 4.12. The number of ether oxygens (including phenoxy) is 1. The van der Waals surface area contributed by atoms with Gasteiger partial charge < -0.3 is 14.5 Å². The van der Waals surface area contributed by atoms with Crippen LogP contribution in [0.4, 0.5) is 15.8 Å². The lowest BCUT2D eigenvalue weighted by Crippen LogP contribution is -2.47. The van der Waals surface area contributed by atoms with E-state index in [1.165, 1.54) is 12.1 Å². The summed E-state index contributed by atoms with van der Waals surface area (Å²) >= 11 is 0. The van der Waals surface area contributed by atoms with Gasteiger partial charge in [0.15, 0.2) is 5.78 Å². The van der Waals surface area contributed by atoms with E-state index in [0.29, 0.717) is 35.1 Å². The minimum atomic E-state index is -0.341. The molecule has 1 aliphatic heterocycles. The molecule has 0 radical (unpaired) electrons. The van der Waals surface area contributed by atoms with E-state index in [1.54, 1.807) is 31.5 Å². The van der Waals surface area contributed by atoms with Gasteiger partial charge in [-0.15, -0.1) is 0 Å². The highest BCUT2D eigenvalue weighted by Crippen LogP contribution is 2.33. The maximum absolute atomic E-state index is 14.2. The first-order chi connectivity index (χ1) is 16.1. The SMILES string of the molecule is COc1ccc(N2CCN(c3c(C(=O)c4ccccc4)cnc4ccc(F)cc34)CC2)cc1. The molecule has 1 saturated heterocycles. The van der Waals surface area contributed by atoms with Crippen molar-refractivity contribution in [1.29, 1.82) is 0 Å². The average molecular weight is 442 g/mol. The molecule has 0 saturated carbocycles. The third-order valence-corrected chi connectivity index (χ3v) is 6.12. The Balaban J connectivity index is 1.50. The Labute approximate surface area is 192 Å². The minimum absolute atomic E-state index is 0.109. The van der Waals surface area contributed by atoms with Crippen molar-refractivity contribution in [1.82, 2.24) is 4.98 Å². The number of ketones is 1. The van der Waals surface area contributed by atoms with Crippen LogP contribution >= 0.6 is 0 Å². The number of benzene rings is 3. The second kappa shape index (κ2) is 8.90. The maximum Gasteiger partial charge on any atom is 0.196 e. The van der Waals surface area contributed by atoms with Crippen molar-refractivity contribution in [2.24, 2.45) is 0 Å². The summed E-state index contributed by atoms with van der Waals surface area (Å²) in [5.41, 5.74) is 3.64. The first-order valence-electron chi connectivity index (χ1n) is 11.0. The number of methoxy groups -OCH3 is 1. The van der Waals surface area contributed by atoms with E-state index < -0.39 is 0 Å². The summed E-state index contributed by atoms with van der Waals surface area (Å²) in [6.07, 6.45) is 1.63. The van der Waals surface area contributed by atoms with Crippen LogP contribution in [0.3, 0.4) is 0 Å². The van der Waals surface area contributed by atoms with Gasteiger partial charge in [0.1, 0.15) is 11.6 Å². The van der Waals surface area contributed by atoms with Gasteiger partial charge in [0, 0.05) is 49.0 Å². The van der Waals surface area contributed by atoms with E-state index in [1.807, 2.05) is 30.3 Å². The van der Waals surface area contributed by atoms with Crippen LogP contribution in [0.2, 0.25) is 0 Å². The number of hydrogen-bond donors (Lipinski definition) is 0. The molecule has 1 aliphatic rings. The van der Waals surface area contributed by atoms with Gasteiger partial charge in [0.05, 0.1) is 23.9 Å². The highest BCUT2D eigenvalue weighted by molar-refractivity contribution is 6.16. The molecule has 2 heterocycles. The summed E-state index contributed by atoms with van der Waals surface area (Å²) < 4.78 is 19.5. The number of anilines is 2. The van der Waals surface area contributed by atoms with Gasteiger partial charge in [0.25, 0.3) is 0 Å². The van der Waals surface area contributed by atoms with Gasteiger partial charge in [-0.3, -0.25) is 9.78 Å². The van der Waals surface area contributed by atoms with Crippen molar-refractivity contribution < 1.29 is 13.9 Å². The molecule has 6 heteroatoms. The molecule has 0 N–H and O–H groups in total. The molecule has 1 aromatic heterocycles. The molecule has 0 spiro atoms. The number of carbonyl (C=O) groups is 1. The van der Waals surface area contributed by atoms with Crippen LogP contribution in [0, 0.1) is 5.82 Å². The lowest BCUT2D eigenvalue weighted by molar-refractivity contribution is 0.103. The van der Waals surface area contributed by atoms with E-state index >= 15 is 0 Å². The molecule has 3 aromatic carbocycles. The molecule has 0 aliphatic carbocycles. The molecule has 0 unspecified atom stereocenters. The molecule has 0 atom stereocenters. The number of aromatic nitrogens is 1. The van der Waals surface area contributed by atoms with E-state index in [0.717, 1.165) is 30.2 Å². The van der Waals surface area contributed by atoms with Crippen molar-refractivity contribution in [3.63, 3.8) is 0 Å². The zero-order chi connectivity index (χ0) is 22.8. The van der Waals surface area contributed by atoms with Gasteiger partial charge in [-0.2, -0.15) is 0 Å². The summed E-state index contributed by atoms with van der Waals surface area (Å²) in [4.78, 5) is 22.4. The van der Waals surface area contributed by atoms with Crippen LogP contribution in [0.5, 0.6) is 5.75 Å². The Hall–Kier alpha value is -3.93.